The van der Waals surface area contributed by atoms with Gasteiger partial charge in [0.05, 0.1) is 0 Å². The summed E-state index contributed by atoms with van der Waals surface area (Å²) in [6.45, 7) is 0.474. The highest BCUT2D eigenvalue weighted by molar-refractivity contribution is 5.22. The van der Waals surface area contributed by atoms with Crippen LogP contribution in [0.25, 0.3) is 0 Å². The van der Waals surface area contributed by atoms with Gasteiger partial charge >= 0.3 is 0 Å². The van der Waals surface area contributed by atoms with Crippen LogP contribution in [0.4, 0.5) is 0 Å². The van der Waals surface area contributed by atoms with Gasteiger partial charge in [0.25, 0.3) is 0 Å². The number of hydrogen-bond acceptors (Lipinski definition) is 2. The molecule has 0 saturated carbocycles. The Kier molecular flexibility index (Phi) is 2.14. The molecule has 0 aliphatic heterocycles. The van der Waals surface area contributed by atoms with Crippen LogP contribution in [-0.2, 0) is 11.3 Å². The lowest BCUT2D eigenvalue weighted by molar-refractivity contribution is 0.164. The van der Waals surface area contributed by atoms with Gasteiger partial charge < -0.3 is 9.15 Å². The van der Waals surface area contributed by atoms with E-state index in [-0.39, 0.29) is 0 Å². The first kappa shape index (κ1) is 6.91. The number of terminal acetylenes is 1. The molecular formula is C8H8O2. The number of rotatable bonds is 2. The van der Waals surface area contributed by atoms with Crippen LogP contribution in [-0.4, -0.2) is 7.11 Å². The number of ether oxygens (including phenoxy) is 1. The van der Waals surface area contributed by atoms with Crippen molar-refractivity contribution >= 4 is 0 Å². The van der Waals surface area contributed by atoms with Gasteiger partial charge in [-0.3, -0.25) is 0 Å². The van der Waals surface area contributed by atoms with Gasteiger partial charge in [0.1, 0.15) is 12.4 Å². The van der Waals surface area contributed by atoms with Crippen molar-refractivity contribution < 1.29 is 9.15 Å². The van der Waals surface area contributed by atoms with Crippen molar-refractivity contribution in [2.45, 2.75) is 6.61 Å². The lowest BCUT2D eigenvalue weighted by atomic mass is 10.4. The van der Waals surface area contributed by atoms with E-state index in [1.54, 1.807) is 19.2 Å². The SMILES string of the molecule is C#Cc1ccc(COC)o1. The summed E-state index contributed by atoms with van der Waals surface area (Å²) >= 11 is 0. The zero-order valence-electron chi connectivity index (χ0n) is 5.76. The first-order chi connectivity index (χ1) is 4.86. The summed E-state index contributed by atoms with van der Waals surface area (Å²) in [7, 11) is 1.61. The van der Waals surface area contributed by atoms with Gasteiger partial charge in [-0.1, -0.05) is 0 Å². The predicted octanol–water partition coefficient (Wildman–Crippen LogP) is 1.41. The Morgan fingerprint density at radius 2 is 2.50 bits per heavy atom. The Hall–Kier alpha value is -1.20. The van der Waals surface area contributed by atoms with E-state index in [0.29, 0.717) is 12.4 Å². The minimum absolute atomic E-state index is 0.474. The van der Waals surface area contributed by atoms with Gasteiger partial charge in [-0.05, 0) is 18.1 Å². The minimum Gasteiger partial charge on any atom is -0.450 e. The van der Waals surface area contributed by atoms with E-state index >= 15 is 0 Å². The Morgan fingerprint density at radius 1 is 1.70 bits per heavy atom. The monoisotopic (exact) mass is 136 g/mol. The van der Waals surface area contributed by atoms with Crippen molar-refractivity contribution in [1.29, 1.82) is 0 Å². The van der Waals surface area contributed by atoms with Crippen LogP contribution in [0.2, 0.25) is 0 Å². The fourth-order valence-electron chi connectivity index (χ4n) is 0.675. The fraction of sp³-hybridized carbons (Fsp3) is 0.250. The van der Waals surface area contributed by atoms with Gasteiger partial charge in [0, 0.05) is 7.11 Å². The normalized spacial score (nSPS) is 9.20. The molecule has 0 saturated heterocycles. The lowest BCUT2D eigenvalue weighted by Crippen LogP contribution is -1.81. The molecule has 1 aromatic rings. The highest BCUT2D eigenvalue weighted by atomic mass is 16.5. The summed E-state index contributed by atoms with van der Waals surface area (Å²) in [5.41, 5.74) is 0. The zero-order chi connectivity index (χ0) is 7.40. The Bertz CT molecular complexity index is 242. The van der Waals surface area contributed by atoms with E-state index in [9.17, 15) is 0 Å². The molecule has 2 nitrogen and oxygen atoms in total. The number of hydrogen-bond donors (Lipinski definition) is 0. The maximum atomic E-state index is 5.11. The van der Waals surface area contributed by atoms with Crippen molar-refractivity contribution in [3.8, 4) is 12.3 Å². The van der Waals surface area contributed by atoms with E-state index < -0.39 is 0 Å². The van der Waals surface area contributed by atoms with Crippen LogP contribution in [0.15, 0.2) is 16.5 Å². The smallest absolute Gasteiger partial charge is 0.176 e. The van der Waals surface area contributed by atoms with Crippen LogP contribution in [0.3, 0.4) is 0 Å². The second-order valence-electron chi connectivity index (χ2n) is 1.84. The number of furan rings is 1. The fourth-order valence-corrected chi connectivity index (χ4v) is 0.675. The largest absolute Gasteiger partial charge is 0.450 e. The molecule has 0 unspecified atom stereocenters. The Morgan fingerprint density at radius 3 is 3.00 bits per heavy atom. The molecule has 0 atom stereocenters. The van der Waals surface area contributed by atoms with Gasteiger partial charge in [0.15, 0.2) is 5.76 Å². The predicted molar refractivity (Wildman–Crippen MR) is 37.4 cm³/mol. The molecule has 0 bridgehead atoms. The second kappa shape index (κ2) is 3.09. The highest BCUT2D eigenvalue weighted by Crippen LogP contribution is 2.06. The third-order valence-corrected chi connectivity index (χ3v) is 1.09. The molecular weight excluding hydrogens is 128 g/mol. The molecule has 1 heterocycles. The van der Waals surface area contributed by atoms with Crippen molar-refractivity contribution in [3.05, 3.63) is 23.7 Å². The summed E-state index contributed by atoms with van der Waals surface area (Å²) in [4.78, 5) is 0. The zero-order valence-corrected chi connectivity index (χ0v) is 5.76. The highest BCUT2D eigenvalue weighted by Gasteiger charge is 1.96. The Labute approximate surface area is 59.8 Å². The maximum absolute atomic E-state index is 5.11. The molecule has 10 heavy (non-hydrogen) atoms. The third kappa shape index (κ3) is 1.40. The van der Waals surface area contributed by atoms with Gasteiger partial charge in [0.2, 0.25) is 0 Å². The van der Waals surface area contributed by atoms with E-state index in [2.05, 4.69) is 5.92 Å². The quantitative estimate of drug-likeness (QED) is 0.573. The summed E-state index contributed by atoms with van der Waals surface area (Å²) in [5, 5.41) is 0. The van der Waals surface area contributed by atoms with Gasteiger partial charge in [-0.2, -0.15) is 0 Å². The Balaban J connectivity index is 2.71. The first-order valence-electron chi connectivity index (χ1n) is 2.91. The van der Waals surface area contributed by atoms with Crippen molar-refractivity contribution in [2.24, 2.45) is 0 Å². The first-order valence-corrected chi connectivity index (χ1v) is 2.91. The van der Waals surface area contributed by atoms with E-state index in [1.807, 2.05) is 0 Å². The summed E-state index contributed by atoms with van der Waals surface area (Å²) in [6.07, 6.45) is 5.07. The lowest BCUT2D eigenvalue weighted by Gasteiger charge is -1.89. The van der Waals surface area contributed by atoms with E-state index in [0.717, 1.165) is 5.76 Å². The molecule has 1 aromatic heterocycles. The van der Waals surface area contributed by atoms with Gasteiger partial charge in [-0.25, -0.2) is 0 Å². The molecule has 1 rings (SSSR count). The molecule has 0 aliphatic rings. The van der Waals surface area contributed by atoms with E-state index in [1.165, 1.54) is 0 Å². The summed E-state index contributed by atoms with van der Waals surface area (Å²) in [6, 6.07) is 3.55. The van der Waals surface area contributed by atoms with Crippen LogP contribution in [0.1, 0.15) is 11.5 Å². The number of methoxy groups -OCH3 is 1. The van der Waals surface area contributed by atoms with Crippen molar-refractivity contribution in [1.82, 2.24) is 0 Å². The van der Waals surface area contributed by atoms with Gasteiger partial charge in [-0.15, -0.1) is 6.42 Å². The molecule has 52 valence electrons. The van der Waals surface area contributed by atoms with Crippen LogP contribution in [0.5, 0.6) is 0 Å². The molecule has 0 aromatic carbocycles. The molecule has 0 aliphatic carbocycles. The van der Waals surface area contributed by atoms with E-state index in [4.69, 9.17) is 15.6 Å². The van der Waals surface area contributed by atoms with Crippen LogP contribution >= 0.6 is 0 Å². The second-order valence-corrected chi connectivity index (χ2v) is 1.84. The molecule has 0 N–H and O–H groups in total. The molecule has 0 fully saturated rings. The standard InChI is InChI=1S/C8H8O2/c1-3-7-4-5-8(10-7)6-9-2/h1,4-5H,6H2,2H3. The summed E-state index contributed by atoms with van der Waals surface area (Å²) in [5.74, 6) is 3.69. The molecule has 0 radical (unpaired) electrons. The van der Waals surface area contributed by atoms with Crippen molar-refractivity contribution in [3.63, 3.8) is 0 Å². The van der Waals surface area contributed by atoms with Crippen LogP contribution < -0.4 is 0 Å². The average molecular weight is 136 g/mol. The molecule has 0 amide bonds. The van der Waals surface area contributed by atoms with Crippen molar-refractivity contribution in [2.75, 3.05) is 7.11 Å². The third-order valence-electron chi connectivity index (χ3n) is 1.09. The summed E-state index contributed by atoms with van der Waals surface area (Å²) < 4.78 is 9.94. The molecule has 0 spiro atoms. The van der Waals surface area contributed by atoms with Crippen LogP contribution in [0, 0.1) is 12.3 Å². The molecule has 2 heteroatoms. The maximum Gasteiger partial charge on any atom is 0.176 e. The average Bonchev–Trinajstić information content (AvgIpc) is 2.37. The minimum atomic E-state index is 0.474. The topological polar surface area (TPSA) is 22.4 Å².